The fourth-order valence-corrected chi connectivity index (χ4v) is 5.06. The Balaban J connectivity index is 1.21. The van der Waals surface area contributed by atoms with Crippen LogP contribution in [0.2, 0.25) is 5.02 Å². The number of aromatic amines is 1. The van der Waals surface area contributed by atoms with Crippen LogP contribution in [0.25, 0.3) is 22.1 Å². The van der Waals surface area contributed by atoms with Crippen LogP contribution in [0.4, 0.5) is 0 Å². The van der Waals surface area contributed by atoms with Crippen LogP contribution in [0.1, 0.15) is 39.2 Å². The summed E-state index contributed by atoms with van der Waals surface area (Å²) >= 11 is 6.09. The zero-order chi connectivity index (χ0) is 22.9. The van der Waals surface area contributed by atoms with Crippen molar-refractivity contribution in [3.05, 3.63) is 58.0 Å². The number of aryl methyl sites for hydroxylation is 1. The van der Waals surface area contributed by atoms with Gasteiger partial charge in [0.1, 0.15) is 0 Å². The number of nitrogens with one attached hydrogen (secondary N) is 1. The number of likely N-dealkylation sites (tertiary alicyclic amines) is 1. The molecule has 1 N–H and O–H groups in total. The summed E-state index contributed by atoms with van der Waals surface area (Å²) < 4.78 is 10.1. The zero-order valence-corrected chi connectivity index (χ0v) is 19.9. The average molecular weight is 468 g/mol. The van der Waals surface area contributed by atoms with Crippen LogP contribution in [-0.4, -0.2) is 49.7 Å². The SMILES string of the molecule is CC(C)Oc1nc2ccccc2n1CCCN1CCC(n2c(=O)[nH]c3cc(Cl)ccc32)CC1. The first-order valence-electron chi connectivity index (χ1n) is 11.7. The molecule has 0 aliphatic carbocycles. The minimum atomic E-state index is -0.0459. The van der Waals surface area contributed by atoms with Crippen molar-refractivity contribution in [2.24, 2.45) is 0 Å². The van der Waals surface area contributed by atoms with E-state index in [1.165, 1.54) is 0 Å². The quantitative estimate of drug-likeness (QED) is 0.422. The third-order valence-electron chi connectivity index (χ3n) is 6.42. The number of piperidine rings is 1. The molecule has 2 aromatic heterocycles. The maximum absolute atomic E-state index is 12.6. The van der Waals surface area contributed by atoms with E-state index in [9.17, 15) is 4.79 Å². The Kier molecular flexibility index (Phi) is 6.17. The van der Waals surface area contributed by atoms with E-state index in [0.717, 1.165) is 67.5 Å². The highest BCUT2D eigenvalue weighted by Crippen LogP contribution is 2.27. The number of hydrogen-bond acceptors (Lipinski definition) is 4. The molecule has 8 heteroatoms. The normalized spacial score (nSPS) is 15.8. The Bertz CT molecular complexity index is 1310. The van der Waals surface area contributed by atoms with Gasteiger partial charge in [0.15, 0.2) is 0 Å². The van der Waals surface area contributed by atoms with Gasteiger partial charge in [-0.3, -0.25) is 9.13 Å². The molecule has 0 bridgehead atoms. The number of fused-ring (bicyclic) bond motifs is 2. The molecule has 3 heterocycles. The lowest BCUT2D eigenvalue weighted by atomic mass is 10.0. The summed E-state index contributed by atoms with van der Waals surface area (Å²) in [5, 5.41) is 0.637. The van der Waals surface area contributed by atoms with Crippen molar-refractivity contribution >= 4 is 33.7 Å². The summed E-state index contributed by atoms with van der Waals surface area (Å²) in [5.41, 5.74) is 3.79. The van der Waals surface area contributed by atoms with E-state index >= 15 is 0 Å². The van der Waals surface area contributed by atoms with E-state index in [0.29, 0.717) is 11.0 Å². The van der Waals surface area contributed by atoms with Crippen LogP contribution >= 0.6 is 11.6 Å². The average Bonchev–Trinajstić information content (AvgIpc) is 3.30. The molecule has 2 aromatic carbocycles. The van der Waals surface area contributed by atoms with Crippen molar-refractivity contribution in [1.82, 2.24) is 24.0 Å². The minimum Gasteiger partial charge on any atom is -0.462 e. The molecule has 0 radical (unpaired) electrons. The van der Waals surface area contributed by atoms with E-state index in [-0.39, 0.29) is 17.8 Å². The topological polar surface area (TPSA) is 68.1 Å². The van der Waals surface area contributed by atoms with Crippen LogP contribution in [0, 0.1) is 0 Å². The van der Waals surface area contributed by atoms with Crippen LogP contribution in [0.3, 0.4) is 0 Å². The van der Waals surface area contributed by atoms with E-state index in [1.807, 2.05) is 54.8 Å². The number of para-hydroxylation sites is 2. The second-order valence-corrected chi connectivity index (χ2v) is 9.53. The predicted octanol–water partition coefficient (Wildman–Crippen LogP) is 4.85. The summed E-state index contributed by atoms with van der Waals surface area (Å²) in [7, 11) is 0. The zero-order valence-electron chi connectivity index (χ0n) is 19.1. The number of halogens is 1. The largest absolute Gasteiger partial charge is 0.462 e. The molecule has 1 saturated heterocycles. The maximum Gasteiger partial charge on any atom is 0.326 e. The molecule has 7 nitrogen and oxygen atoms in total. The smallest absolute Gasteiger partial charge is 0.326 e. The van der Waals surface area contributed by atoms with Crippen molar-refractivity contribution in [3.8, 4) is 6.01 Å². The summed E-state index contributed by atoms with van der Waals surface area (Å²) in [6, 6.07) is 14.7. The molecule has 0 unspecified atom stereocenters. The van der Waals surface area contributed by atoms with Gasteiger partial charge in [0.25, 0.3) is 6.01 Å². The molecule has 5 rings (SSSR count). The summed E-state index contributed by atoms with van der Waals surface area (Å²) in [5.74, 6) is 0. The number of imidazole rings is 2. The second-order valence-electron chi connectivity index (χ2n) is 9.09. The van der Waals surface area contributed by atoms with Crippen LogP contribution in [-0.2, 0) is 6.54 Å². The van der Waals surface area contributed by atoms with Gasteiger partial charge >= 0.3 is 5.69 Å². The Labute approximate surface area is 197 Å². The van der Waals surface area contributed by atoms with Gasteiger partial charge in [0, 0.05) is 30.7 Å². The molecular weight excluding hydrogens is 438 g/mol. The lowest BCUT2D eigenvalue weighted by Gasteiger charge is -2.32. The van der Waals surface area contributed by atoms with Crippen molar-refractivity contribution < 1.29 is 4.74 Å². The minimum absolute atomic E-state index is 0.0459. The molecule has 1 fully saturated rings. The van der Waals surface area contributed by atoms with E-state index in [2.05, 4.69) is 25.5 Å². The fraction of sp³-hybridized carbons (Fsp3) is 0.440. The molecule has 174 valence electrons. The van der Waals surface area contributed by atoms with Gasteiger partial charge < -0.3 is 14.6 Å². The first kappa shape index (κ1) is 22.0. The number of nitrogens with zero attached hydrogens (tertiary/aromatic N) is 4. The highest BCUT2D eigenvalue weighted by atomic mass is 35.5. The van der Waals surface area contributed by atoms with Crippen molar-refractivity contribution in [2.45, 2.75) is 51.8 Å². The molecule has 0 atom stereocenters. The Morgan fingerprint density at radius 1 is 1.12 bits per heavy atom. The number of hydrogen-bond donors (Lipinski definition) is 1. The van der Waals surface area contributed by atoms with Gasteiger partial charge in [-0.25, -0.2) is 4.79 Å². The number of ether oxygens (including phenoxy) is 1. The number of aromatic nitrogens is 4. The standard InChI is InChI=1S/C25H30ClN5O2/c1-17(2)33-25-28-20-6-3-4-7-22(20)30(25)13-5-12-29-14-10-19(11-15-29)31-23-9-8-18(26)16-21(23)27-24(31)32/h3-4,6-9,16-17,19H,5,10-15H2,1-2H3,(H,27,32). The number of rotatable bonds is 7. The Morgan fingerprint density at radius 2 is 1.91 bits per heavy atom. The van der Waals surface area contributed by atoms with Crippen molar-refractivity contribution in [2.75, 3.05) is 19.6 Å². The van der Waals surface area contributed by atoms with Gasteiger partial charge in [-0.05, 0) is 70.0 Å². The highest BCUT2D eigenvalue weighted by molar-refractivity contribution is 6.31. The molecule has 0 amide bonds. The fourth-order valence-electron chi connectivity index (χ4n) is 4.89. The van der Waals surface area contributed by atoms with Crippen LogP contribution < -0.4 is 10.4 Å². The first-order chi connectivity index (χ1) is 16.0. The lowest BCUT2D eigenvalue weighted by Crippen LogP contribution is -2.37. The van der Waals surface area contributed by atoms with Gasteiger partial charge in [-0.1, -0.05) is 23.7 Å². The summed E-state index contributed by atoms with van der Waals surface area (Å²) in [6.07, 6.45) is 3.03. The number of benzene rings is 2. The molecule has 1 aliphatic rings. The molecule has 0 spiro atoms. The summed E-state index contributed by atoms with van der Waals surface area (Å²) in [4.78, 5) is 22.7. The molecule has 4 aromatic rings. The van der Waals surface area contributed by atoms with Gasteiger partial charge in [0.2, 0.25) is 0 Å². The maximum atomic E-state index is 12.6. The first-order valence-corrected chi connectivity index (χ1v) is 12.1. The lowest BCUT2D eigenvalue weighted by molar-refractivity contribution is 0.179. The molecule has 33 heavy (non-hydrogen) atoms. The molecular formula is C25H30ClN5O2. The third-order valence-corrected chi connectivity index (χ3v) is 6.65. The second kappa shape index (κ2) is 9.23. The van der Waals surface area contributed by atoms with Crippen LogP contribution in [0.5, 0.6) is 6.01 Å². The highest BCUT2D eigenvalue weighted by Gasteiger charge is 2.23. The predicted molar refractivity (Wildman–Crippen MR) is 132 cm³/mol. The monoisotopic (exact) mass is 467 g/mol. The summed E-state index contributed by atoms with van der Waals surface area (Å²) in [6.45, 7) is 7.90. The van der Waals surface area contributed by atoms with Crippen LogP contribution in [0.15, 0.2) is 47.3 Å². The van der Waals surface area contributed by atoms with Gasteiger partial charge in [-0.15, -0.1) is 0 Å². The van der Waals surface area contributed by atoms with Gasteiger partial charge in [-0.2, -0.15) is 4.98 Å². The van der Waals surface area contributed by atoms with E-state index in [1.54, 1.807) is 0 Å². The Hall–Kier alpha value is -2.77. The molecule has 1 aliphatic heterocycles. The van der Waals surface area contributed by atoms with Crippen molar-refractivity contribution in [3.63, 3.8) is 0 Å². The van der Waals surface area contributed by atoms with Gasteiger partial charge in [0.05, 0.1) is 28.2 Å². The van der Waals surface area contributed by atoms with E-state index < -0.39 is 0 Å². The van der Waals surface area contributed by atoms with Crippen molar-refractivity contribution in [1.29, 1.82) is 0 Å². The third kappa shape index (κ3) is 4.52. The Morgan fingerprint density at radius 3 is 2.70 bits per heavy atom. The number of H-pyrrole nitrogens is 1. The molecule has 0 saturated carbocycles. The van der Waals surface area contributed by atoms with E-state index in [4.69, 9.17) is 16.3 Å².